The maximum absolute atomic E-state index is 9.65. The first-order valence-electron chi connectivity index (χ1n) is 8.17. The van der Waals surface area contributed by atoms with Crippen molar-refractivity contribution in [1.82, 2.24) is 10.2 Å². The van der Waals surface area contributed by atoms with Gasteiger partial charge in [-0.15, -0.1) is 0 Å². The van der Waals surface area contributed by atoms with Gasteiger partial charge < -0.3 is 15.3 Å². The molecule has 0 radical (unpaired) electrons. The van der Waals surface area contributed by atoms with E-state index in [0.29, 0.717) is 12.0 Å². The highest BCUT2D eigenvalue weighted by molar-refractivity contribution is 6.30. The molecular formula is C17H24ClN3O. The van der Waals surface area contributed by atoms with Crippen LogP contribution in [0.3, 0.4) is 0 Å². The first-order chi connectivity index (χ1) is 10.7. The molecule has 1 aromatic carbocycles. The Labute approximate surface area is 137 Å². The lowest BCUT2D eigenvalue weighted by Gasteiger charge is -2.32. The van der Waals surface area contributed by atoms with E-state index in [-0.39, 0.29) is 6.10 Å². The fourth-order valence-electron chi connectivity index (χ4n) is 3.09. The van der Waals surface area contributed by atoms with E-state index in [1.807, 2.05) is 12.1 Å². The van der Waals surface area contributed by atoms with Gasteiger partial charge in [-0.2, -0.15) is 0 Å². The number of rotatable bonds is 3. The third kappa shape index (κ3) is 3.73. The molecule has 1 saturated carbocycles. The second-order valence-corrected chi connectivity index (χ2v) is 6.60. The summed E-state index contributed by atoms with van der Waals surface area (Å²) in [5.74, 6) is 1.51. The summed E-state index contributed by atoms with van der Waals surface area (Å²) in [5, 5.41) is 14.0. The van der Waals surface area contributed by atoms with Gasteiger partial charge in [0.2, 0.25) is 0 Å². The Morgan fingerprint density at radius 2 is 2.18 bits per heavy atom. The van der Waals surface area contributed by atoms with Gasteiger partial charge in [0.15, 0.2) is 5.96 Å². The monoisotopic (exact) mass is 321 g/mol. The van der Waals surface area contributed by atoms with Crippen molar-refractivity contribution >= 4 is 17.6 Å². The van der Waals surface area contributed by atoms with E-state index in [4.69, 9.17) is 11.6 Å². The number of guanidine groups is 1. The topological polar surface area (TPSA) is 47.9 Å². The first-order valence-corrected chi connectivity index (χ1v) is 8.54. The molecule has 0 bridgehead atoms. The van der Waals surface area contributed by atoms with E-state index in [1.165, 1.54) is 5.56 Å². The van der Waals surface area contributed by atoms with E-state index in [1.54, 1.807) is 0 Å². The first kappa shape index (κ1) is 15.6. The molecule has 22 heavy (non-hydrogen) atoms. The minimum Gasteiger partial charge on any atom is -0.393 e. The summed E-state index contributed by atoms with van der Waals surface area (Å²) in [4.78, 5) is 6.89. The number of hydrogen-bond donors (Lipinski definition) is 2. The van der Waals surface area contributed by atoms with Gasteiger partial charge >= 0.3 is 0 Å². The fourth-order valence-corrected chi connectivity index (χ4v) is 3.29. The molecule has 1 aliphatic heterocycles. The number of benzene rings is 1. The lowest BCUT2D eigenvalue weighted by molar-refractivity contribution is 0.108. The van der Waals surface area contributed by atoms with Crippen LogP contribution < -0.4 is 5.32 Å². The maximum Gasteiger partial charge on any atom is 0.194 e. The van der Waals surface area contributed by atoms with Crippen LogP contribution in [0.1, 0.15) is 37.7 Å². The summed E-state index contributed by atoms with van der Waals surface area (Å²) < 4.78 is 0. The summed E-state index contributed by atoms with van der Waals surface area (Å²) >= 11 is 6.08. The highest BCUT2D eigenvalue weighted by Gasteiger charge is 2.39. The lowest BCUT2D eigenvalue weighted by Crippen LogP contribution is -2.47. The molecule has 2 atom stereocenters. The Balaban J connectivity index is 1.60. The molecular weight excluding hydrogens is 298 g/mol. The Bertz CT molecular complexity index is 540. The molecule has 1 heterocycles. The molecule has 2 N–H and O–H groups in total. The standard InChI is InChI=1S/C17H24ClN3O/c1-2-19-17(21-8-6-14(22)7-9-21)20-16-11-15(16)12-4-3-5-13(18)10-12/h3-5,10,14-16,22H,2,6-9,11H2,1H3,(H,19,20). The van der Waals surface area contributed by atoms with Gasteiger partial charge in [-0.25, -0.2) is 0 Å². The van der Waals surface area contributed by atoms with E-state index in [2.05, 4.69) is 34.3 Å². The molecule has 3 rings (SSSR count). The van der Waals surface area contributed by atoms with Crippen molar-refractivity contribution in [2.24, 2.45) is 4.99 Å². The van der Waals surface area contributed by atoms with Crippen LogP contribution in [-0.4, -0.2) is 47.7 Å². The van der Waals surface area contributed by atoms with Crippen LogP contribution in [0.2, 0.25) is 5.02 Å². The number of nitrogens with zero attached hydrogens (tertiary/aromatic N) is 2. The summed E-state index contributed by atoms with van der Waals surface area (Å²) in [7, 11) is 0. The van der Waals surface area contributed by atoms with Crippen LogP contribution in [0.15, 0.2) is 29.3 Å². The Hall–Kier alpha value is -1.26. The molecule has 0 amide bonds. The molecule has 0 spiro atoms. The number of aliphatic hydroxyl groups is 1. The average Bonchev–Trinajstić information content (AvgIpc) is 3.27. The van der Waals surface area contributed by atoms with Gasteiger partial charge in [-0.3, -0.25) is 4.99 Å². The maximum atomic E-state index is 9.65. The van der Waals surface area contributed by atoms with E-state index in [0.717, 1.165) is 49.9 Å². The highest BCUT2D eigenvalue weighted by atomic mass is 35.5. The second kappa shape index (κ2) is 6.88. The molecule has 0 aromatic heterocycles. The molecule has 1 aromatic rings. The van der Waals surface area contributed by atoms with Gasteiger partial charge in [0, 0.05) is 36.6 Å². The molecule has 2 fully saturated rings. The van der Waals surface area contributed by atoms with E-state index < -0.39 is 0 Å². The van der Waals surface area contributed by atoms with Crippen molar-refractivity contribution in [3.05, 3.63) is 34.9 Å². The minimum absolute atomic E-state index is 0.153. The highest BCUT2D eigenvalue weighted by Crippen LogP contribution is 2.41. The van der Waals surface area contributed by atoms with E-state index >= 15 is 0 Å². The zero-order chi connectivity index (χ0) is 15.5. The average molecular weight is 322 g/mol. The van der Waals surface area contributed by atoms with Crippen LogP contribution in [0.25, 0.3) is 0 Å². The number of halogens is 1. The van der Waals surface area contributed by atoms with Crippen LogP contribution >= 0.6 is 11.6 Å². The zero-order valence-electron chi connectivity index (χ0n) is 13.0. The van der Waals surface area contributed by atoms with E-state index in [9.17, 15) is 5.11 Å². The third-order valence-corrected chi connectivity index (χ3v) is 4.69. The smallest absolute Gasteiger partial charge is 0.194 e. The van der Waals surface area contributed by atoms with Crippen LogP contribution in [0, 0.1) is 0 Å². The number of piperidine rings is 1. The second-order valence-electron chi connectivity index (χ2n) is 6.16. The normalized spacial score (nSPS) is 26.1. The van der Waals surface area contributed by atoms with Crippen LogP contribution in [0.4, 0.5) is 0 Å². The molecule has 120 valence electrons. The largest absolute Gasteiger partial charge is 0.393 e. The molecule has 4 nitrogen and oxygen atoms in total. The van der Waals surface area contributed by atoms with Crippen molar-refractivity contribution in [1.29, 1.82) is 0 Å². The van der Waals surface area contributed by atoms with Crippen molar-refractivity contribution in [2.45, 2.75) is 44.2 Å². The van der Waals surface area contributed by atoms with Crippen molar-refractivity contribution in [3.8, 4) is 0 Å². The van der Waals surface area contributed by atoms with Crippen molar-refractivity contribution in [3.63, 3.8) is 0 Å². The van der Waals surface area contributed by atoms with Crippen LogP contribution in [-0.2, 0) is 0 Å². The lowest BCUT2D eigenvalue weighted by atomic mass is 10.1. The Morgan fingerprint density at radius 3 is 2.86 bits per heavy atom. The number of aliphatic hydroxyl groups excluding tert-OH is 1. The van der Waals surface area contributed by atoms with Gasteiger partial charge in [0.05, 0.1) is 6.10 Å². The van der Waals surface area contributed by atoms with Gasteiger partial charge in [-0.05, 0) is 43.9 Å². The van der Waals surface area contributed by atoms with Crippen molar-refractivity contribution < 1.29 is 5.11 Å². The quantitative estimate of drug-likeness (QED) is 0.664. The molecule has 1 saturated heterocycles. The number of aliphatic imine (C=N–C) groups is 1. The molecule has 1 aliphatic carbocycles. The zero-order valence-corrected chi connectivity index (χ0v) is 13.8. The van der Waals surface area contributed by atoms with Crippen LogP contribution in [0.5, 0.6) is 0 Å². The predicted octanol–water partition coefficient (Wildman–Crippen LogP) is 2.62. The predicted molar refractivity (Wildman–Crippen MR) is 90.5 cm³/mol. The molecule has 5 heteroatoms. The van der Waals surface area contributed by atoms with Gasteiger partial charge in [0.1, 0.15) is 0 Å². The number of hydrogen-bond acceptors (Lipinski definition) is 2. The van der Waals surface area contributed by atoms with Gasteiger partial charge in [-0.1, -0.05) is 23.7 Å². The fraction of sp³-hybridized carbons (Fsp3) is 0.588. The number of likely N-dealkylation sites (tertiary alicyclic amines) is 1. The summed E-state index contributed by atoms with van der Waals surface area (Å²) in [5.41, 5.74) is 1.30. The summed E-state index contributed by atoms with van der Waals surface area (Å²) in [6.45, 7) is 4.58. The minimum atomic E-state index is -0.153. The van der Waals surface area contributed by atoms with Gasteiger partial charge in [0.25, 0.3) is 0 Å². The molecule has 2 unspecified atom stereocenters. The molecule has 2 aliphatic rings. The summed E-state index contributed by atoms with van der Waals surface area (Å²) in [6, 6.07) is 8.57. The Kier molecular flexibility index (Phi) is 4.89. The SMILES string of the molecule is CCN=C(NC1CC1c1cccc(Cl)c1)N1CCC(O)CC1. The summed E-state index contributed by atoms with van der Waals surface area (Å²) in [6.07, 6.45) is 2.62. The third-order valence-electron chi connectivity index (χ3n) is 4.45. The Morgan fingerprint density at radius 1 is 1.41 bits per heavy atom. The number of nitrogens with one attached hydrogen (secondary N) is 1. The van der Waals surface area contributed by atoms with Crippen molar-refractivity contribution in [2.75, 3.05) is 19.6 Å².